The maximum atomic E-state index is 12.5. The fourth-order valence-electron chi connectivity index (χ4n) is 2.27. The van der Waals surface area contributed by atoms with Crippen LogP contribution in [0.25, 0.3) is 0 Å². The first-order chi connectivity index (χ1) is 13.8. The number of aliphatic hydroxyl groups is 1. The highest BCUT2D eigenvalue weighted by Gasteiger charge is 2.32. The Morgan fingerprint density at radius 2 is 1.43 bits per heavy atom. The van der Waals surface area contributed by atoms with Gasteiger partial charge in [-0.15, -0.1) is 0 Å². The highest BCUT2D eigenvalue weighted by molar-refractivity contribution is 7.80. The van der Waals surface area contributed by atoms with Gasteiger partial charge in [0.25, 0.3) is 0 Å². The Morgan fingerprint density at radius 1 is 0.933 bits per heavy atom. The summed E-state index contributed by atoms with van der Waals surface area (Å²) in [5.74, 6) is -6.01. The molecule has 6 atom stereocenters. The molecule has 0 saturated carbocycles. The van der Waals surface area contributed by atoms with Gasteiger partial charge in [-0.3, -0.25) is 19.2 Å². The Hall–Kier alpha value is -2.38. The second-order valence-corrected chi connectivity index (χ2v) is 7.24. The van der Waals surface area contributed by atoms with Crippen molar-refractivity contribution in [3.8, 4) is 0 Å². The first-order valence-electron chi connectivity index (χ1n) is 9.25. The lowest BCUT2D eigenvalue weighted by atomic mass is 9.99. The number of carbonyl (C=O) groups is 5. The van der Waals surface area contributed by atoms with E-state index in [1.807, 2.05) is 6.92 Å². The van der Waals surface area contributed by atoms with Crippen LogP contribution in [0.1, 0.15) is 33.6 Å². The highest BCUT2D eigenvalue weighted by atomic mass is 32.1. The second-order valence-electron chi connectivity index (χ2n) is 6.88. The van der Waals surface area contributed by atoms with Gasteiger partial charge in [0.15, 0.2) is 6.04 Å². The van der Waals surface area contributed by atoms with Gasteiger partial charge in [0.1, 0.15) is 12.1 Å². The number of nitrogens with one attached hydrogen (secondary N) is 3. The van der Waals surface area contributed by atoms with E-state index >= 15 is 0 Å². The Labute approximate surface area is 179 Å². The summed E-state index contributed by atoms with van der Waals surface area (Å²) in [5.41, 5.74) is 5.79. The summed E-state index contributed by atoms with van der Waals surface area (Å²) in [4.78, 5) is 59.2. The van der Waals surface area contributed by atoms with E-state index < -0.39 is 66.4 Å². The summed E-state index contributed by atoms with van der Waals surface area (Å²) in [5, 5.41) is 34.0. The molecule has 0 aliphatic heterocycles. The van der Waals surface area contributed by atoms with Crippen LogP contribution in [0, 0.1) is 5.92 Å². The van der Waals surface area contributed by atoms with Crippen molar-refractivity contribution in [3.05, 3.63) is 0 Å². The van der Waals surface area contributed by atoms with Crippen molar-refractivity contribution in [2.24, 2.45) is 11.7 Å². The van der Waals surface area contributed by atoms with E-state index in [0.29, 0.717) is 6.42 Å². The summed E-state index contributed by atoms with van der Waals surface area (Å²) in [6.45, 7) is 4.69. The molecule has 0 spiro atoms. The van der Waals surface area contributed by atoms with Crippen molar-refractivity contribution in [2.75, 3.05) is 5.75 Å². The zero-order chi connectivity index (χ0) is 23.6. The van der Waals surface area contributed by atoms with Gasteiger partial charge in [0, 0.05) is 5.75 Å². The number of hydrogen-bond donors (Lipinski definition) is 8. The van der Waals surface area contributed by atoms with E-state index in [1.165, 1.54) is 0 Å². The molecule has 0 aliphatic carbocycles. The molecular formula is C17H30N4O8S. The molecule has 0 aromatic heterocycles. The van der Waals surface area contributed by atoms with Crippen LogP contribution in [0.3, 0.4) is 0 Å². The van der Waals surface area contributed by atoms with E-state index in [2.05, 4.69) is 28.6 Å². The number of nitrogens with two attached hydrogens (primary N) is 1. The number of thiol groups is 1. The maximum absolute atomic E-state index is 12.5. The van der Waals surface area contributed by atoms with Gasteiger partial charge in [-0.05, 0) is 12.8 Å². The number of carbonyl (C=O) groups excluding carboxylic acids is 3. The standard InChI is InChI=1S/C17H30N4O8S/c1-4-7(2)12(18)16(27)19-9(5-11(23)24)14(25)20-10(6-30)15(26)21-13(8(3)22)17(28)29/h7-10,12-13,22,30H,4-6,18H2,1-3H3,(H,19,27)(H,20,25)(H,21,26)(H,23,24)(H,28,29). The molecule has 0 rings (SSSR count). The predicted octanol–water partition coefficient (Wildman–Crippen LogP) is -2.32. The van der Waals surface area contributed by atoms with Crippen LogP contribution in [-0.2, 0) is 24.0 Å². The normalized spacial score (nSPS) is 16.9. The van der Waals surface area contributed by atoms with Gasteiger partial charge in [0.2, 0.25) is 17.7 Å². The Morgan fingerprint density at radius 3 is 1.83 bits per heavy atom. The van der Waals surface area contributed by atoms with Gasteiger partial charge >= 0.3 is 11.9 Å². The van der Waals surface area contributed by atoms with Crippen LogP contribution in [0.4, 0.5) is 0 Å². The van der Waals surface area contributed by atoms with Crippen molar-refractivity contribution in [1.29, 1.82) is 0 Å². The number of carboxylic acids is 2. The van der Waals surface area contributed by atoms with E-state index in [0.717, 1.165) is 6.92 Å². The van der Waals surface area contributed by atoms with Crippen molar-refractivity contribution >= 4 is 42.3 Å². The minimum absolute atomic E-state index is 0.220. The van der Waals surface area contributed by atoms with E-state index in [-0.39, 0.29) is 11.7 Å². The smallest absolute Gasteiger partial charge is 0.328 e. The molecule has 0 saturated heterocycles. The predicted molar refractivity (Wildman–Crippen MR) is 109 cm³/mol. The molecule has 6 unspecified atom stereocenters. The highest BCUT2D eigenvalue weighted by Crippen LogP contribution is 2.06. The average molecular weight is 451 g/mol. The monoisotopic (exact) mass is 450 g/mol. The van der Waals surface area contributed by atoms with Gasteiger partial charge in [-0.25, -0.2) is 4.79 Å². The Bertz CT molecular complexity index is 645. The number of aliphatic carboxylic acids is 2. The molecule has 0 aliphatic rings. The third-order valence-corrected chi connectivity index (χ3v) is 4.80. The van der Waals surface area contributed by atoms with Gasteiger partial charge in [0.05, 0.1) is 18.6 Å². The molecule has 0 aromatic carbocycles. The molecule has 172 valence electrons. The molecule has 13 heteroatoms. The first-order valence-corrected chi connectivity index (χ1v) is 9.89. The molecule has 0 fully saturated rings. The zero-order valence-electron chi connectivity index (χ0n) is 17.0. The number of rotatable bonds is 13. The lowest BCUT2D eigenvalue weighted by Gasteiger charge is -2.25. The Balaban J connectivity index is 5.30. The van der Waals surface area contributed by atoms with Crippen LogP contribution >= 0.6 is 12.6 Å². The maximum Gasteiger partial charge on any atom is 0.328 e. The van der Waals surface area contributed by atoms with Crippen molar-refractivity contribution < 1.29 is 39.3 Å². The fourth-order valence-corrected chi connectivity index (χ4v) is 2.53. The summed E-state index contributed by atoms with van der Waals surface area (Å²) in [6.07, 6.45) is -1.60. The quantitative estimate of drug-likeness (QED) is 0.141. The number of aliphatic hydroxyl groups excluding tert-OH is 1. The van der Waals surface area contributed by atoms with Crippen LogP contribution < -0.4 is 21.7 Å². The van der Waals surface area contributed by atoms with Crippen molar-refractivity contribution in [3.63, 3.8) is 0 Å². The Kier molecular flexibility index (Phi) is 12.0. The lowest BCUT2D eigenvalue weighted by Crippen LogP contribution is -2.59. The van der Waals surface area contributed by atoms with Crippen LogP contribution in [0.5, 0.6) is 0 Å². The van der Waals surface area contributed by atoms with Crippen LogP contribution in [0.2, 0.25) is 0 Å². The number of amides is 3. The van der Waals surface area contributed by atoms with Gasteiger partial charge in [-0.2, -0.15) is 12.6 Å². The van der Waals surface area contributed by atoms with Crippen LogP contribution in [-0.4, -0.2) is 81.0 Å². The first kappa shape index (κ1) is 27.6. The zero-order valence-corrected chi connectivity index (χ0v) is 17.9. The van der Waals surface area contributed by atoms with Gasteiger partial charge < -0.3 is 37.0 Å². The second kappa shape index (κ2) is 13.0. The topological polar surface area (TPSA) is 208 Å². The molecule has 0 radical (unpaired) electrons. The molecule has 8 N–H and O–H groups in total. The summed E-state index contributed by atoms with van der Waals surface area (Å²) < 4.78 is 0. The summed E-state index contributed by atoms with van der Waals surface area (Å²) in [6, 6.07) is -5.46. The summed E-state index contributed by atoms with van der Waals surface area (Å²) in [7, 11) is 0. The van der Waals surface area contributed by atoms with E-state index in [9.17, 15) is 29.1 Å². The minimum atomic E-state index is -1.63. The van der Waals surface area contributed by atoms with Crippen LogP contribution in [0.15, 0.2) is 0 Å². The SMILES string of the molecule is CCC(C)C(N)C(=O)NC(CC(=O)O)C(=O)NC(CS)C(=O)NC(C(=O)O)C(C)O. The lowest BCUT2D eigenvalue weighted by molar-refractivity contribution is -0.145. The third-order valence-electron chi connectivity index (χ3n) is 4.43. The van der Waals surface area contributed by atoms with Crippen molar-refractivity contribution in [2.45, 2.75) is 63.9 Å². The fraction of sp³-hybridized carbons (Fsp3) is 0.706. The molecule has 0 heterocycles. The third kappa shape index (κ3) is 8.97. The molecule has 12 nitrogen and oxygen atoms in total. The van der Waals surface area contributed by atoms with E-state index in [4.69, 9.17) is 15.9 Å². The molecule has 0 aromatic rings. The molecule has 30 heavy (non-hydrogen) atoms. The molecular weight excluding hydrogens is 420 g/mol. The van der Waals surface area contributed by atoms with Gasteiger partial charge in [-0.1, -0.05) is 20.3 Å². The number of carboxylic acid groups (broad SMARTS) is 2. The van der Waals surface area contributed by atoms with Crippen molar-refractivity contribution in [1.82, 2.24) is 16.0 Å². The minimum Gasteiger partial charge on any atom is -0.481 e. The average Bonchev–Trinajstić information content (AvgIpc) is 2.66. The summed E-state index contributed by atoms with van der Waals surface area (Å²) >= 11 is 3.93. The van der Waals surface area contributed by atoms with E-state index in [1.54, 1.807) is 6.92 Å². The molecule has 0 bridgehead atoms. The number of hydrogen-bond acceptors (Lipinski definition) is 8. The molecule has 3 amide bonds. The largest absolute Gasteiger partial charge is 0.481 e.